The van der Waals surface area contributed by atoms with Gasteiger partial charge in [-0.3, -0.25) is 9.59 Å². The number of ether oxygens (including phenoxy) is 1. The summed E-state index contributed by atoms with van der Waals surface area (Å²) in [5.74, 6) is -1.83. The topological polar surface area (TPSA) is 117 Å². The second kappa shape index (κ2) is 10.9. The van der Waals surface area contributed by atoms with Crippen LogP contribution in [-0.2, 0) is 14.3 Å². The summed E-state index contributed by atoms with van der Waals surface area (Å²) in [6.07, 6.45) is 0.156. The van der Waals surface area contributed by atoms with Gasteiger partial charge in [0, 0.05) is 33.2 Å². The summed E-state index contributed by atoms with van der Waals surface area (Å²) in [7, 11) is 1.54. The zero-order valence-corrected chi connectivity index (χ0v) is 12.8. The number of carbonyl (C=O) groups is 3. The first kappa shape index (κ1) is 19.2. The fourth-order valence-corrected chi connectivity index (χ4v) is 1.54. The fourth-order valence-electron chi connectivity index (χ4n) is 1.54. The minimum Gasteiger partial charge on any atom is -0.481 e. The van der Waals surface area contributed by atoms with Crippen molar-refractivity contribution < 1.29 is 24.2 Å². The number of urea groups is 1. The summed E-state index contributed by atoms with van der Waals surface area (Å²) < 4.78 is 4.79. The van der Waals surface area contributed by atoms with E-state index in [0.29, 0.717) is 13.2 Å². The monoisotopic (exact) mass is 303 g/mol. The maximum Gasteiger partial charge on any atom is 0.314 e. The van der Waals surface area contributed by atoms with Crippen LogP contribution < -0.4 is 16.0 Å². The third-order valence-electron chi connectivity index (χ3n) is 2.87. The molecule has 0 rings (SSSR count). The molecule has 0 aliphatic heterocycles. The Hall–Kier alpha value is -1.83. The van der Waals surface area contributed by atoms with Crippen molar-refractivity contribution in [3.05, 3.63) is 0 Å². The first-order valence-corrected chi connectivity index (χ1v) is 6.88. The highest BCUT2D eigenvalue weighted by Gasteiger charge is 2.21. The number of hydrogen-bond donors (Lipinski definition) is 4. The van der Waals surface area contributed by atoms with Gasteiger partial charge in [-0.15, -0.1) is 0 Å². The number of aliphatic carboxylic acids is 1. The van der Waals surface area contributed by atoms with Crippen molar-refractivity contribution in [3.63, 3.8) is 0 Å². The summed E-state index contributed by atoms with van der Waals surface area (Å²) in [4.78, 5) is 33.7. The molecular formula is C13H25N3O5. The predicted molar refractivity (Wildman–Crippen MR) is 76.9 cm³/mol. The Morgan fingerprint density at radius 3 is 2.29 bits per heavy atom. The standard InChI is InChI=1S/C13H25N3O5/c1-9(2)10(12(18)19)8-16-13(20)15-5-4-11(17)14-6-7-21-3/h9-10H,4-8H2,1-3H3,(H,14,17)(H,18,19)(H2,15,16,20). The number of methoxy groups -OCH3 is 1. The third-order valence-corrected chi connectivity index (χ3v) is 2.87. The van der Waals surface area contributed by atoms with E-state index in [0.717, 1.165) is 0 Å². The van der Waals surface area contributed by atoms with Crippen molar-refractivity contribution >= 4 is 17.9 Å². The Bertz CT molecular complexity index is 347. The van der Waals surface area contributed by atoms with Crippen LogP contribution in [0.4, 0.5) is 4.79 Å². The lowest BCUT2D eigenvalue weighted by Crippen LogP contribution is -2.42. The van der Waals surface area contributed by atoms with Crippen LogP contribution >= 0.6 is 0 Å². The molecule has 0 spiro atoms. The van der Waals surface area contributed by atoms with E-state index in [1.165, 1.54) is 0 Å². The predicted octanol–water partition coefficient (Wildman–Crippen LogP) is -0.205. The van der Waals surface area contributed by atoms with Crippen molar-refractivity contribution in [1.82, 2.24) is 16.0 Å². The molecule has 0 saturated carbocycles. The van der Waals surface area contributed by atoms with E-state index in [4.69, 9.17) is 9.84 Å². The van der Waals surface area contributed by atoms with E-state index in [2.05, 4.69) is 16.0 Å². The molecule has 0 aromatic heterocycles. The first-order valence-electron chi connectivity index (χ1n) is 6.88. The van der Waals surface area contributed by atoms with Crippen LogP contribution in [0.5, 0.6) is 0 Å². The highest BCUT2D eigenvalue weighted by Crippen LogP contribution is 2.09. The minimum absolute atomic E-state index is 0.0544. The number of rotatable bonds is 10. The van der Waals surface area contributed by atoms with Gasteiger partial charge in [0.1, 0.15) is 0 Å². The zero-order valence-electron chi connectivity index (χ0n) is 12.8. The lowest BCUT2D eigenvalue weighted by atomic mass is 9.96. The largest absolute Gasteiger partial charge is 0.481 e. The van der Waals surface area contributed by atoms with E-state index < -0.39 is 17.9 Å². The molecule has 4 N–H and O–H groups in total. The van der Waals surface area contributed by atoms with Gasteiger partial charge in [0.2, 0.25) is 5.91 Å². The molecule has 3 amide bonds. The molecule has 0 fully saturated rings. The Morgan fingerprint density at radius 2 is 1.76 bits per heavy atom. The Morgan fingerprint density at radius 1 is 1.10 bits per heavy atom. The second-order valence-corrected chi connectivity index (χ2v) is 4.92. The van der Waals surface area contributed by atoms with Gasteiger partial charge in [0.15, 0.2) is 0 Å². The van der Waals surface area contributed by atoms with Crippen molar-refractivity contribution in [2.45, 2.75) is 20.3 Å². The van der Waals surface area contributed by atoms with Crippen LogP contribution in [0, 0.1) is 11.8 Å². The maximum absolute atomic E-state index is 11.5. The highest BCUT2D eigenvalue weighted by atomic mass is 16.5. The SMILES string of the molecule is COCCNC(=O)CCNC(=O)NCC(C(=O)O)C(C)C. The Kier molecular flexibility index (Phi) is 9.95. The first-order chi connectivity index (χ1) is 9.88. The van der Waals surface area contributed by atoms with Crippen molar-refractivity contribution in [1.29, 1.82) is 0 Å². The molecule has 1 atom stereocenters. The van der Waals surface area contributed by atoms with E-state index >= 15 is 0 Å². The molecule has 0 saturated heterocycles. The van der Waals surface area contributed by atoms with Gasteiger partial charge in [0.05, 0.1) is 12.5 Å². The lowest BCUT2D eigenvalue weighted by Gasteiger charge is -2.16. The zero-order chi connectivity index (χ0) is 16.3. The highest BCUT2D eigenvalue weighted by molar-refractivity contribution is 5.78. The number of hydrogen-bond acceptors (Lipinski definition) is 4. The molecule has 8 nitrogen and oxygen atoms in total. The number of carboxylic acid groups (broad SMARTS) is 1. The minimum atomic E-state index is -0.942. The summed E-state index contributed by atoms with van der Waals surface area (Å²) in [5, 5.41) is 16.6. The molecular weight excluding hydrogens is 278 g/mol. The van der Waals surface area contributed by atoms with Crippen molar-refractivity contribution in [2.75, 3.05) is 33.4 Å². The van der Waals surface area contributed by atoms with Crippen molar-refractivity contribution in [2.24, 2.45) is 11.8 Å². The number of amides is 3. The molecule has 8 heteroatoms. The molecule has 21 heavy (non-hydrogen) atoms. The van der Waals surface area contributed by atoms with Gasteiger partial charge >= 0.3 is 12.0 Å². The van der Waals surface area contributed by atoms with Gasteiger partial charge < -0.3 is 25.8 Å². The van der Waals surface area contributed by atoms with E-state index in [1.807, 2.05) is 0 Å². The Balaban J connectivity index is 3.80. The smallest absolute Gasteiger partial charge is 0.314 e. The van der Waals surface area contributed by atoms with E-state index in [1.54, 1.807) is 21.0 Å². The van der Waals surface area contributed by atoms with Gasteiger partial charge in [0.25, 0.3) is 0 Å². The van der Waals surface area contributed by atoms with Crippen LogP contribution in [0.25, 0.3) is 0 Å². The second-order valence-electron chi connectivity index (χ2n) is 4.92. The van der Waals surface area contributed by atoms with Gasteiger partial charge in [-0.05, 0) is 5.92 Å². The summed E-state index contributed by atoms with van der Waals surface area (Å²) in [6.45, 7) is 4.66. The summed E-state index contributed by atoms with van der Waals surface area (Å²) in [6, 6.07) is -0.480. The average molecular weight is 303 g/mol. The third kappa shape index (κ3) is 9.67. The number of nitrogens with one attached hydrogen (secondary N) is 3. The molecule has 0 bridgehead atoms. The van der Waals surface area contributed by atoms with E-state index in [9.17, 15) is 14.4 Å². The maximum atomic E-state index is 11.5. The molecule has 122 valence electrons. The van der Waals surface area contributed by atoms with Crippen LogP contribution in [0.1, 0.15) is 20.3 Å². The molecule has 1 unspecified atom stereocenters. The molecule has 0 aromatic carbocycles. The van der Waals surface area contributed by atoms with Gasteiger partial charge in [-0.1, -0.05) is 13.8 Å². The summed E-state index contributed by atoms with van der Waals surface area (Å²) >= 11 is 0. The average Bonchev–Trinajstić information content (AvgIpc) is 2.38. The Labute approximate surface area is 124 Å². The fraction of sp³-hybridized carbons (Fsp3) is 0.769. The van der Waals surface area contributed by atoms with Crippen molar-refractivity contribution in [3.8, 4) is 0 Å². The normalized spacial score (nSPS) is 11.8. The number of carbonyl (C=O) groups excluding carboxylic acids is 2. The summed E-state index contributed by atoms with van der Waals surface area (Å²) in [5.41, 5.74) is 0. The molecule has 0 radical (unpaired) electrons. The van der Waals surface area contributed by atoms with Crippen LogP contribution in [0.2, 0.25) is 0 Å². The van der Waals surface area contributed by atoms with Gasteiger partial charge in [-0.25, -0.2) is 4.79 Å². The van der Waals surface area contributed by atoms with Gasteiger partial charge in [-0.2, -0.15) is 0 Å². The molecule has 0 aliphatic rings. The molecule has 0 aliphatic carbocycles. The quantitative estimate of drug-likeness (QED) is 0.417. The van der Waals surface area contributed by atoms with Crippen LogP contribution in [0.3, 0.4) is 0 Å². The number of carboxylic acids is 1. The molecule has 0 aromatic rings. The molecule has 0 heterocycles. The lowest BCUT2D eigenvalue weighted by molar-refractivity contribution is -0.142. The van der Waals surface area contributed by atoms with E-state index in [-0.39, 0.29) is 31.3 Å². The van der Waals surface area contributed by atoms with Crippen LogP contribution in [-0.4, -0.2) is 56.4 Å². The van der Waals surface area contributed by atoms with Crippen LogP contribution in [0.15, 0.2) is 0 Å².